The molecule has 0 bridgehead atoms. The Kier molecular flexibility index (Phi) is 5.33. The van der Waals surface area contributed by atoms with Crippen LogP contribution in [0, 0.1) is 17.0 Å². The molecular weight excluding hydrogens is 444 g/mol. The number of hydrogen-bond acceptors (Lipinski definition) is 8. The molecule has 2 atom stereocenters. The monoisotopic (exact) mass is 469 g/mol. The summed E-state index contributed by atoms with van der Waals surface area (Å²) in [6, 6.07) is 2.53. The van der Waals surface area contributed by atoms with Gasteiger partial charge in [0, 0.05) is 24.5 Å². The van der Waals surface area contributed by atoms with Crippen LogP contribution in [0.4, 0.5) is 14.6 Å². The highest BCUT2D eigenvalue weighted by atomic mass is 19.2. The number of rotatable bonds is 6. The Morgan fingerprint density at radius 2 is 1.91 bits per heavy atom. The largest absolute Gasteiger partial charge is 0.421 e. The number of nitrogens with zero attached hydrogens (tertiary/aromatic N) is 5. The zero-order chi connectivity index (χ0) is 24.2. The lowest BCUT2D eigenvalue weighted by atomic mass is 9.74. The first kappa shape index (κ1) is 22.4. The van der Waals surface area contributed by atoms with Gasteiger partial charge < -0.3 is 25.5 Å². The minimum Gasteiger partial charge on any atom is -0.421 e. The maximum atomic E-state index is 14.9. The molecule has 3 aromatic heterocycles. The summed E-state index contributed by atoms with van der Waals surface area (Å²) in [5.41, 5.74) is 6.90. The van der Waals surface area contributed by atoms with Gasteiger partial charge in [0.15, 0.2) is 23.2 Å². The molecule has 0 radical (unpaired) electrons. The number of aromatic amines is 1. The number of anilines is 1. The van der Waals surface area contributed by atoms with Crippen molar-refractivity contribution in [3.8, 4) is 11.8 Å². The molecule has 4 aromatic rings. The number of benzene rings is 1. The Morgan fingerprint density at radius 3 is 2.56 bits per heavy atom. The van der Waals surface area contributed by atoms with E-state index in [0.29, 0.717) is 35.5 Å². The van der Waals surface area contributed by atoms with Crippen LogP contribution in [-0.4, -0.2) is 49.2 Å². The molecule has 4 heterocycles. The Hall–Kier alpha value is -3.44. The lowest BCUT2D eigenvalue weighted by molar-refractivity contribution is 0.185. The smallest absolute Gasteiger partial charge is 0.326 e. The highest BCUT2D eigenvalue weighted by molar-refractivity contribution is 6.11. The molecule has 1 saturated heterocycles. The second kappa shape index (κ2) is 8.10. The fourth-order valence-electron chi connectivity index (χ4n) is 4.45. The zero-order valence-electron chi connectivity index (χ0n) is 19.0. The number of hydrogen-bond donors (Lipinski definition) is 3. The first-order valence-corrected chi connectivity index (χ1v) is 11.1. The molecule has 1 aromatic carbocycles. The fraction of sp³-hybridized carbons (Fsp3) is 0.391. The van der Waals surface area contributed by atoms with Crippen LogP contribution in [0.3, 0.4) is 0 Å². The molecule has 2 unspecified atom stereocenters. The van der Waals surface area contributed by atoms with Crippen LogP contribution in [-0.2, 0) is 0 Å². The van der Waals surface area contributed by atoms with E-state index >= 15 is 0 Å². The summed E-state index contributed by atoms with van der Waals surface area (Å²) in [7, 11) is 0. The molecule has 34 heavy (non-hydrogen) atoms. The van der Waals surface area contributed by atoms with Gasteiger partial charge in [-0.3, -0.25) is 0 Å². The predicted octanol–water partition coefficient (Wildman–Crippen LogP) is 3.59. The van der Waals surface area contributed by atoms with Gasteiger partial charge in [-0.15, -0.1) is 0 Å². The lowest BCUT2D eigenvalue weighted by Crippen LogP contribution is -2.62. The molecule has 11 heteroatoms. The standard InChI is InChI=1S/C23H25F2N7O2/c1-4-15(26)23(3)9-32(10-23)21-17-16-14(6-5-13(24)18(16)25)29-20(17)30-22(31-21)34-12-7-27-19(11(2)33)28-8-12/h5-8,11,15,33H,4,9-10,26H2,1-3H3,(H,29,30,31). The average molecular weight is 469 g/mol. The van der Waals surface area contributed by atoms with Crippen LogP contribution >= 0.6 is 0 Å². The van der Waals surface area contributed by atoms with E-state index in [9.17, 15) is 13.9 Å². The summed E-state index contributed by atoms with van der Waals surface area (Å²) in [6.45, 7) is 6.90. The van der Waals surface area contributed by atoms with E-state index in [1.807, 2.05) is 11.8 Å². The molecule has 4 N–H and O–H groups in total. The number of nitrogens with two attached hydrogens (primary N) is 1. The summed E-state index contributed by atoms with van der Waals surface area (Å²) < 4.78 is 34.7. The van der Waals surface area contributed by atoms with Crippen LogP contribution in [0.1, 0.15) is 39.1 Å². The highest BCUT2D eigenvalue weighted by Gasteiger charge is 2.44. The van der Waals surface area contributed by atoms with Crippen LogP contribution in [0.15, 0.2) is 24.5 Å². The van der Waals surface area contributed by atoms with E-state index < -0.39 is 17.7 Å². The van der Waals surface area contributed by atoms with Gasteiger partial charge in [-0.2, -0.15) is 9.97 Å². The Morgan fingerprint density at radius 1 is 1.21 bits per heavy atom. The number of nitrogens with one attached hydrogen (secondary N) is 1. The van der Waals surface area contributed by atoms with Gasteiger partial charge in [-0.1, -0.05) is 13.8 Å². The van der Waals surface area contributed by atoms with Crippen LogP contribution in [0.5, 0.6) is 11.8 Å². The third-order valence-corrected chi connectivity index (χ3v) is 6.44. The predicted molar refractivity (Wildman–Crippen MR) is 123 cm³/mol. The third-order valence-electron chi connectivity index (χ3n) is 6.44. The van der Waals surface area contributed by atoms with E-state index in [1.165, 1.54) is 18.5 Å². The second-order valence-electron chi connectivity index (χ2n) is 9.04. The SMILES string of the molecule is CCC(N)C1(C)CN(c2nc(Oc3cnc(C(C)O)nc3)nc3[nH]c4ccc(F)c(F)c4c23)C1. The molecular formula is C23H25F2N7O2. The normalized spacial score (nSPS) is 17.1. The number of aliphatic hydroxyl groups excluding tert-OH is 1. The molecule has 0 amide bonds. The van der Waals surface area contributed by atoms with Crippen molar-refractivity contribution in [1.29, 1.82) is 0 Å². The summed E-state index contributed by atoms with van der Waals surface area (Å²) >= 11 is 0. The fourth-order valence-corrected chi connectivity index (χ4v) is 4.45. The second-order valence-corrected chi connectivity index (χ2v) is 9.04. The topological polar surface area (TPSA) is 126 Å². The molecule has 0 spiro atoms. The van der Waals surface area contributed by atoms with E-state index in [4.69, 9.17) is 10.5 Å². The van der Waals surface area contributed by atoms with Crippen molar-refractivity contribution in [3.05, 3.63) is 42.0 Å². The average Bonchev–Trinajstić information content (AvgIpc) is 3.18. The first-order valence-electron chi connectivity index (χ1n) is 11.1. The summed E-state index contributed by atoms with van der Waals surface area (Å²) in [5, 5.41) is 10.1. The number of H-pyrrole nitrogens is 1. The molecule has 1 aliphatic rings. The molecule has 1 fully saturated rings. The number of halogens is 2. The van der Waals surface area contributed by atoms with Gasteiger partial charge >= 0.3 is 6.01 Å². The maximum absolute atomic E-state index is 14.9. The summed E-state index contributed by atoms with van der Waals surface area (Å²) in [4.78, 5) is 22.1. The Labute approximate surface area is 194 Å². The van der Waals surface area contributed by atoms with Crippen LogP contribution in [0.25, 0.3) is 21.9 Å². The maximum Gasteiger partial charge on any atom is 0.326 e. The van der Waals surface area contributed by atoms with Gasteiger partial charge in [-0.05, 0) is 25.5 Å². The van der Waals surface area contributed by atoms with E-state index in [-0.39, 0.29) is 34.4 Å². The van der Waals surface area contributed by atoms with E-state index in [2.05, 4.69) is 31.8 Å². The Bertz CT molecular complexity index is 1370. The van der Waals surface area contributed by atoms with Gasteiger partial charge in [0.05, 0.1) is 28.7 Å². The quantitative estimate of drug-likeness (QED) is 0.391. The molecule has 5 rings (SSSR count). The molecule has 9 nitrogen and oxygen atoms in total. The molecule has 0 aliphatic carbocycles. The molecule has 0 saturated carbocycles. The van der Waals surface area contributed by atoms with Gasteiger partial charge in [0.2, 0.25) is 0 Å². The number of fused-ring (bicyclic) bond motifs is 3. The van der Waals surface area contributed by atoms with Crippen LogP contribution < -0.4 is 15.4 Å². The minimum atomic E-state index is -0.960. The van der Waals surface area contributed by atoms with Crippen molar-refractivity contribution in [2.45, 2.75) is 39.3 Å². The first-order chi connectivity index (χ1) is 16.2. The Balaban J connectivity index is 1.60. The third kappa shape index (κ3) is 3.61. The van der Waals surface area contributed by atoms with Crippen molar-refractivity contribution in [1.82, 2.24) is 24.9 Å². The van der Waals surface area contributed by atoms with Crippen LogP contribution in [0.2, 0.25) is 0 Å². The van der Waals surface area contributed by atoms with Gasteiger partial charge in [0.1, 0.15) is 17.6 Å². The minimum absolute atomic E-state index is 0.00136. The van der Waals surface area contributed by atoms with Gasteiger partial charge in [-0.25, -0.2) is 18.7 Å². The van der Waals surface area contributed by atoms with Crippen molar-refractivity contribution in [3.63, 3.8) is 0 Å². The number of ether oxygens (including phenoxy) is 1. The number of aliphatic hydroxyl groups is 1. The van der Waals surface area contributed by atoms with Crippen molar-refractivity contribution < 1.29 is 18.6 Å². The van der Waals surface area contributed by atoms with E-state index in [0.717, 1.165) is 12.5 Å². The van der Waals surface area contributed by atoms with E-state index in [1.54, 1.807) is 6.92 Å². The van der Waals surface area contributed by atoms with Crippen molar-refractivity contribution in [2.75, 3.05) is 18.0 Å². The molecule has 1 aliphatic heterocycles. The zero-order valence-corrected chi connectivity index (χ0v) is 19.0. The molecule has 178 valence electrons. The van der Waals surface area contributed by atoms with Crippen molar-refractivity contribution in [2.24, 2.45) is 11.1 Å². The van der Waals surface area contributed by atoms with Gasteiger partial charge in [0.25, 0.3) is 0 Å². The van der Waals surface area contributed by atoms with Crippen molar-refractivity contribution >= 4 is 27.8 Å². The highest BCUT2D eigenvalue weighted by Crippen LogP contribution is 2.42. The lowest BCUT2D eigenvalue weighted by Gasteiger charge is -2.51. The summed E-state index contributed by atoms with van der Waals surface area (Å²) in [6.07, 6.45) is 2.82. The summed E-state index contributed by atoms with van der Waals surface area (Å²) in [5.74, 6) is -0.957. The number of aromatic nitrogens is 5.